The molecule has 8 nitrogen and oxygen atoms in total. The highest BCUT2D eigenvalue weighted by Gasteiger charge is 2.44. The molecule has 0 atom stereocenters. The minimum Gasteiger partial charge on any atom is -0.468 e. The van der Waals surface area contributed by atoms with Crippen molar-refractivity contribution in [2.24, 2.45) is 5.41 Å². The number of urea groups is 1. The minimum absolute atomic E-state index is 0.00725. The summed E-state index contributed by atoms with van der Waals surface area (Å²) < 4.78 is 55.7. The molecule has 1 aromatic rings. The Labute approximate surface area is 145 Å². The topological polar surface area (TPSA) is 100 Å². The summed E-state index contributed by atoms with van der Waals surface area (Å²) in [5, 5.41) is 12.5. The van der Waals surface area contributed by atoms with Crippen LogP contribution in [0.4, 0.5) is 22.4 Å². The maximum absolute atomic E-state index is 12.9. The molecule has 1 N–H and O–H groups in total. The van der Waals surface area contributed by atoms with E-state index in [0.29, 0.717) is 10.9 Å². The normalized spacial score (nSPS) is 16.5. The van der Waals surface area contributed by atoms with Gasteiger partial charge in [-0.1, -0.05) is 0 Å². The van der Waals surface area contributed by atoms with Crippen molar-refractivity contribution in [3.8, 4) is 6.07 Å². The van der Waals surface area contributed by atoms with Gasteiger partial charge in [0.05, 0.1) is 13.2 Å². The van der Waals surface area contributed by atoms with Crippen molar-refractivity contribution in [1.29, 1.82) is 5.26 Å². The van der Waals surface area contributed by atoms with Crippen LogP contribution in [0.25, 0.3) is 0 Å². The molecule has 1 saturated heterocycles. The van der Waals surface area contributed by atoms with Gasteiger partial charge in [-0.3, -0.25) is 4.79 Å². The monoisotopic (exact) mass is 377 g/mol. The second kappa shape index (κ2) is 7.59. The molecule has 0 saturated carbocycles. The third-order valence-corrected chi connectivity index (χ3v) is 4.10. The second-order valence-electron chi connectivity index (χ2n) is 5.60. The van der Waals surface area contributed by atoms with E-state index in [2.05, 4.69) is 9.84 Å². The lowest BCUT2D eigenvalue weighted by atomic mass is 9.80. The van der Waals surface area contributed by atoms with Crippen molar-refractivity contribution in [1.82, 2.24) is 14.8 Å². The molecule has 0 aromatic carbocycles. The Morgan fingerprint density at radius 1 is 1.31 bits per heavy atom. The quantitative estimate of drug-likeness (QED) is 0.640. The predicted octanol–water partition coefficient (Wildman–Crippen LogP) is 2.20. The summed E-state index contributed by atoms with van der Waals surface area (Å²) in [6.45, 7) is -0.0526. The molecule has 26 heavy (non-hydrogen) atoms. The molecule has 1 aliphatic rings. The summed E-state index contributed by atoms with van der Waals surface area (Å²) >= 11 is 0. The average molecular weight is 377 g/mol. The molecule has 2 amide bonds. The number of alkyl halides is 4. The Hall–Kier alpha value is -2.84. The van der Waals surface area contributed by atoms with Gasteiger partial charge in [0.2, 0.25) is 0 Å². The van der Waals surface area contributed by atoms with Crippen LogP contribution in [0, 0.1) is 16.7 Å². The molecule has 1 aliphatic heterocycles. The highest BCUT2D eigenvalue weighted by molar-refractivity contribution is 5.83. The maximum atomic E-state index is 12.9. The molecule has 0 aliphatic carbocycles. The van der Waals surface area contributed by atoms with Crippen LogP contribution in [0.5, 0.6) is 0 Å². The zero-order chi connectivity index (χ0) is 19.5. The van der Waals surface area contributed by atoms with E-state index in [1.165, 1.54) is 0 Å². The first-order chi connectivity index (χ1) is 12.2. The number of ether oxygens (including phenoxy) is 1. The number of esters is 1. The summed E-state index contributed by atoms with van der Waals surface area (Å²) in [5.41, 5.74) is -1.15. The number of amides is 2. The van der Waals surface area contributed by atoms with Crippen LogP contribution < -0.4 is 5.43 Å². The van der Waals surface area contributed by atoms with E-state index in [0.717, 1.165) is 12.0 Å². The van der Waals surface area contributed by atoms with Crippen molar-refractivity contribution >= 4 is 12.0 Å². The summed E-state index contributed by atoms with van der Waals surface area (Å²) in [5.74, 6) is -0.714. The number of hydrogen-bond donors (Lipinski definition) is 1. The van der Waals surface area contributed by atoms with Gasteiger partial charge in [0.25, 0.3) is 12.9 Å². The van der Waals surface area contributed by atoms with E-state index in [4.69, 9.17) is 0 Å². The fraction of sp³-hybridized carbons (Fsp3) is 0.571. The van der Waals surface area contributed by atoms with Crippen LogP contribution >= 0.6 is 0 Å². The number of rotatable bonds is 4. The SMILES string of the molecule is COC(=O)C1(C#N)CCN(C(=O)Nn2nc(C(F)F)cc2C(F)F)CC1. The number of carbonyl (C=O) groups excluding carboxylic acids is 2. The molecule has 0 radical (unpaired) electrons. The number of carbonyl (C=O) groups is 2. The van der Waals surface area contributed by atoms with E-state index in [-0.39, 0.29) is 25.9 Å². The number of methoxy groups -OCH3 is 1. The molecule has 0 bridgehead atoms. The van der Waals surface area contributed by atoms with Crippen molar-refractivity contribution in [3.05, 3.63) is 17.5 Å². The molecule has 2 heterocycles. The second-order valence-corrected chi connectivity index (χ2v) is 5.60. The first-order valence-electron chi connectivity index (χ1n) is 7.46. The molecular formula is C14H15F4N5O3. The molecule has 1 aromatic heterocycles. The fourth-order valence-corrected chi connectivity index (χ4v) is 2.58. The highest BCUT2D eigenvalue weighted by atomic mass is 19.3. The lowest BCUT2D eigenvalue weighted by Crippen LogP contribution is -2.49. The van der Waals surface area contributed by atoms with Gasteiger partial charge >= 0.3 is 12.0 Å². The number of hydrogen-bond acceptors (Lipinski definition) is 5. The standard InChI is InChI=1S/C14H15F4N5O3/c1-26-12(24)14(7-19)2-4-22(5-3-14)13(25)21-23-9(11(17)18)6-8(20-23)10(15)16/h6,10-11H,2-5H2,1H3,(H,21,25). The largest absolute Gasteiger partial charge is 0.468 e. The lowest BCUT2D eigenvalue weighted by Gasteiger charge is -2.35. The third-order valence-electron chi connectivity index (χ3n) is 4.10. The van der Waals surface area contributed by atoms with Gasteiger partial charge < -0.3 is 9.64 Å². The highest BCUT2D eigenvalue weighted by Crippen LogP contribution is 2.32. The molecule has 2 rings (SSSR count). The van der Waals surface area contributed by atoms with Gasteiger partial charge in [-0.05, 0) is 18.9 Å². The summed E-state index contributed by atoms with van der Waals surface area (Å²) in [6.07, 6.45) is -6.21. The van der Waals surface area contributed by atoms with E-state index >= 15 is 0 Å². The number of halogens is 4. The number of nitriles is 1. The van der Waals surface area contributed by atoms with Crippen LogP contribution in [0.1, 0.15) is 37.1 Å². The van der Waals surface area contributed by atoms with Crippen LogP contribution in [0.3, 0.4) is 0 Å². The number of nitrogens with one attached hydrogen (secondary N) is 1. The van der Waals surface area contributed by atoms with Gasteiger partial charge in [0.15, 0.2) is 5.41 Å². The van der Waals surface area contributed by atoms with Crippen LogP contribution in [0.2, 0.25) is 0 Å². The number of piperidine rings is 1. The van der Waals surface area contributed by atoms with E-state index < -0.39 is 41.7 Å². The lowest BCUT2D eigenvalue weighted by molar-refractivity contribution is -0.151. The first kappa shape index (κ1) is 19.5. The van der Waals surface area contributed by atoms with Gasteiger partial charge in [0.1, 0.15) is 11.4 Å². The maximum Gasteiger partial charge on any atom is 0.337 e. The number of likely N-dealkylation sites (tertiary alicyclic amines) is 1. The predicted molar refractivity (Wildman–Crippen MR) is 77.8 cm³/mol. The Bertz CT molecular complexity index is 723. The van der Waals surface area contributed by atoms with Crippen molar-refractivity contribution in [2.45, 2.75) is 25.7 Å². The van der Waals surface area contributed by atoms with Gasteiger partial charge in [-0.2, -0.15) is 15.2 Å². The number of aromatic nitrogens is 2. The fourth-order valence-electron chi connectivity index (χ4n) is 2.58. The summed E-state index contributed by atoms with van der Waals surface area (Å²) in [6, 6.07) is 1.52. The zero-order valence-electron chi connectivity index (χ0n) is 13.6. The van der Waals surface area contributed by atoms with Gasteiger partial charge in [-0.25, -0.2) is 27.8 Å². The first-order valence-corrected chi connectivity index (χ1v) is 7.46. The van der Waals surface area contributed by atoms with E-state index in [9.17, 15) is 32.4 Å². The van der Waals surface area contributed by atoms with Crippen molar-refractivity contribution in [2.75, 3.05) is 25.6 Å². The molecule has 142 valence electrons. The molecular weight excluding hydrogens is 362 g/mol. The Balaban J connectivity index is 2.08. The van der Waals surface area contributed by atoms with Crippen molar-refractivity contribution in [3.63, 3.8) is 0 Å². The van der Waals surface area contributed by atoms with E-state index in [1.807, 2.05) is 11.5 Å². The van der Waals surface area contributed by atoms with Gasteiger partial charge in [-0.15, -0.1) is 0 Å². The van der Waals surface area contributed by atoms with Gasteiger partial charge in [0, 0.05) is 13.1 Å². The number of nitrogens with zero attached hydrogens (tertiary/aromatic N) is 4. The summed E-state index contributed by atoms with van der Waals surface area (Å²) in [4.78, 5) is 25.4. The zero-order valence-corrected chi connectivity index (χ0v) is 13.6. The minimum atomic E-state index is -3.12. The molecule has 1 fully saturated rings. The van der Waals surface area contributed by atoms with E-state index in [1.54, 1.807) is 0 Å². The molecule has 0 unspecified atom stereocenters. The Kier molecular flexibility index (Phi) is 5.69. The van der Waals surface area contributed by atoms with Crippen LogP contribution in [0.15, 0.2) is 6.07 Å². The Morgan fingerprint density at radius 2 is 1.92 bits per heavy atom. The van der Waals surface area contributed by atoms with Crippen LogP contribution in [-0.2, 0) is 9.53 Å². The summed E-state index contributed by atoms with van der Waals surface area (Å²) in [7, 11) is 1.14. The third kappa shape index (κ3) is 3.71. The molecule has 0 spiro atoms. The smallest absolute Gasteiger partial charge is 0.337 e. The van der Waals surface area contributed by atoms with Crippen molar-refractivity contribution < 1.29 is 31.9 Å². The van der Waals surface area contributed by atoms with Crippen LogP contribution in [-0.4, -0.2) is 47.0 Å². The average Bonchev–Trinajstić information content (AvgIpc) is 3.05. The Morgan fingerprint density at radius 3 is 2.38 bits per heavy atom. The molecule has 12 heteroatoms.